The van der Waals surface area contributed by atoms with Crippen LogP contribution in [0.15, 0.2) is 79.1 Å². The highest BCUT2D eigenvalue weighted by Crippen LogP contribution is 2.32. The summed E-state index contributed by atoms with van der Waals surface area (Å²) in [4.78, 5) is 28.5. The standard InChI is InChI=1S/C32H36N8O2/c1-6-40(28-13-9-10-18-33-28)30-34-19-16-22(35-30)17-20-42-26-15-14-25(23-11-7-8-12-24(23)26)36-31(41)37-29-21-27(32(2,3)4)38-39(29)5/h7-16,18-19,21H,6,17,20H2,1-5H3,(H2,36,37,41). The van der Waals surface area contributed by atoms with Crippen molar-refractivity contribution in [3.05, 3.63) is 90.5 Å². The smallest absolute Gasteiger partial charge is 0.324 e. The Morgan fingerprint density at radius 3 is 2.45 bits per heavy atom. The van der Waals surface area contributed by atoms with Crippen LogP contribution in [0.3, 0.4) is 0 Å². The fraction of sp³-hybridized carbons (Fsp3) is 0.281. The number of carbonyl (C=O) groups is 1. The summed E-state index contributed by atoms with van der Waals surface area (Å²) in [6.45, 7) is 9.43. The summed E-state index contributed by atoms with van der Waals surface area (Å²) >= 11 is 0. The van der Waals surface area contributed by atoms with Crippen molar-refractivity contribution < 1.29 is 9.53 Å². The number of carbonyl (C=O) groups excluding carboxylic acids is 1. The normalized spacial score (nSPS) is 11.4. The first kappa shape index (κ1) is 28.5. The SMILES string of the molecule is CCN(c1ccccn1)c1nccc(CCOc2ccc(NC(=O)Nc3cc(C(C)(C)C)nn3C)c3ccccc23)n1. The molecule has 0 unspecified atom stereocenters. The molecule has 0 atom stereocenters. The number of anilines is 4. The molecule has 0 aliphatic heterocycles. The summed E-state index contributed by atoms with van der Waals surface area (Å²) in [5.41, 5.74) is 2.34. The predicted octanol–water partition coefficient (Wildman–Crippen LogP) is 6.48. The average molecular weight is 565 g/mol. The highest BCUT2D eigenvalue weighted by Gasteiger charge is 2.20. The van der Waals surface area contributed by atoms with Crippen LogP contribution < -0.4 is 20.3 Å². The van der Waals surface area contributed by atoms with Crippen LogP contribution in [0, 0.1) is 0 Å². The molecule has 0 saturated carbocycles. The molecule has 0 fully saturated rings. The molecule has 2 N–H and O–H groups in total. The van der Waals surface area contributed by atoms with Crippen LogP contribution in [0.25, 0.3) is 10.8 Å². The van der Waals surface area contributed by atoms with Crippen molar-refractivity contribution in [1.29, 1.82) is 0 Å². The van der Waals surface area contributed by atoms with Crippen LogP contribution in [0.1, 0.15) is 39.1 Å². The van der Waals surface area contributed by atoms with Crippen molar-refractivity contribution in [3.8, 4) is 5.75 Å². The van der Waals surface area contributed by atoms with Gasteiger partial charge in [-0.15, -0.1) is 0 Å². The Labute approximate surface area is 245 Å². The van der Waals surface area contributed by atoms with Gasteiger partial charge >= 0.3 is 6.03 Å². The Hall–Kier alpha value is -4.99. The number of aromatic nitrogens is 5. The van der Waals surface area contributed by atoms with Gasteiger partial charge in [-0.1, -0.05) is 51.1 Å². The molecule has 0 aliphatic rings. The third kappa shape index (κ3) is 6.49. The number of rotatable bonds is 9. The lowest BCUT2D eigenvalue weighted by atomic mass is 9.92. The van der Waals surface area contributed by atoms with Crippen LogP contribution >= 0.6 is 0 Å². The van der Waals surface area contributed by atoms with Gasteiger partial charge in [0.05, 0.1) is 18.0 Å². The molecule has 2 amide bonds. The lowest BCUT2D eigenvalue weighted by Crippen LogP contribution is -2.21. The average Bonchev–Trinajstić information content (AvgIpc) is 3.35. The van der Waals surface area contributed by atoms with Gasteiger partial charge in [0.25, 0.3) is 0 Å². The summed E-state index contributed by atoms with van der Waals surface area (Å²) in [6.07, 6.45) is 4.13. The van der Waals surface area contributed by atoms with E-state index < -0.39 is 0 Å². The number of nitrogens with zero attached hydrogens (tertiary/aromatic N) is 6. The van der Waals surface area contributed by atoms with E-state index in [2.05, 4.69) is 46.5 Å². The summed E-state index contributed by atoms with van der Waals surface area (Å²) < 4.78 is 7.89. The quantitative estimate of drug-likeness (QED) is 0.211. The summed E-state index contributed by atoms with van der Waals surface area (Å²) in [5.74, 6) is 2.76. The zero-order valence-electron chi connectivity index (χ0n) is 24.6. The van der Waals surface area contributed by atoms with Gasteiger partial charge in [-0.05, 0) is 37.3 Å². The third-order valence-corrected chi connectivity index (χ3v) is 6.82. The van der Waals surface area contributed by atoms with Crippen molar-refractivity contribution in [2.75, 3.05) is 28.7 Å². The van der Waals surface area contributed by atoms with Crippen molar-refractivity contribution >= 4 is 40.1 Å². The van der Waals surface area contributed by atoms with Crippen molar-refractivity contribution in [2.45, 2.75) is 39.5 Å². The molecule has 3 aromatic heterocycles. The van der Waals surface area contributed by atoms with E-state index in [9.17, 15) is 4.79 Å². The van der Waals surface area contributed by atoms with E-state index in [1.165, 1.54) is 0 Å². The maximum atomic E-state index is 12.9. The van der Waals surface area contributed by atoms with E-state index in [-0.39, 0.29) is 11.4 Å². The number of amides is 2. The number of benzene rings is 2. The lowest BCUT2D eigenvalue weighted by molar-refractivity contribution is 0.262. The molecule has 10 heteroatoms. The van der Waals surface area contributed by atoms with E-state index >= 15 is 0 Å². The number of urea groups is 1. The van der Waals surface area contributed by atoms with Gasteiger partial charge in [0, 0.05) is 60.4 Å². The Morgan fingerprint density at radius 2 is 1.74 bits per heavy atom. The summed E-state index contributed by atoms with van der Waals surface area (Å²) in [5, 5.41) is 12.2. The highest BCUT2D eigenvalue weighted by atomic mass is 16.5. The Morgan fingerprint density at radius 1 is 0.952 bits per heavy atom. The van der Waals surface area contributed by atoms with Gasteiger partial charge in [-0.3, -0.25) is 14.9 Å². The van der Waals surface area contributed by atoms with Gasteiger partial charge in [0.1, 0.15) is 17.4 Å². The number of nitrogens with one attached hydrogen (secondary N) is 2. The largest absolute Gasteiger partial charge is 0.493 e. The number of pyridine rings is 1. The summed E-state index contributed by atoms with van der Waals surface area (Å²) in [7, 11) is 1.81. The second kappa shape index (κ2) is 12.3. The van der Waals surface area contributed by atoms with Gasteiger partial charge in [0.2, 0.25) is 5.95 Å². The van der Waals surface area contributed by atoms with Gasteiger partial charge in [-0.2, -0.15) is 5.10 Å². The maximum Gasteiger partial charge on any atom is 0.324 e. The first-order valence-corrected chi connectivity index (χ1v) is 14.0. The first-order valence-electron chi connectivity index (χ1n) is 14.0. The molecule has 0 spiro atoms. The number of fused-ring (bicyclic) bond motifs is 1. The molecule has 42 heavy (non-hydrogen) atoms. The van der Waals surface area contributed by atoms with E-state index in [0.29, 0.717) is 37.0 Å². The topological polar surface area (TPSA) is 110 Å². The van der Waals surface area contributed by atoms with Gasteiger partial charge < -0.3 is 10.1 Å². The first-order chi connectivity index (χ1) is 20.2. The third-order valence-electron chi connectivity index (χ3n) is 6.82. The number of hydrogen-bond donors (Lipinski definition) is 2. The number of ether oxygens (including phenoxy) is 1. The van der Waals surface area contributed by atoms with E-state index in [4.69, 9.17) is 9.72 Å². The van der Waals surface area contributed by atoms with Crippen molar-refractivity contribution in [3.63, 3.8) is 0 Å². The van der Waals surface area contributed by atoms with E-state index in [0.717, 1.165) is 33.7 Å². The van der Waals surface area contributed by atoms with Gasteiger partial charge in [0.15, 0.2) is 0 Å². The summed E-state index contributed by atoms with van der Waals surface area (Å²) in [6, 6.07) is 20.8. The minimum atomic E-state index is -0.344. The van der Waals surface area contributed by atoms with Crippen LogP contribution in [0.2, 0.25) is 0 Å². The second-order valence-corrected chi connectivity index (χ2v) is 10.9. The molecule has 0 radical (unpaired) electrons. The van der Waals surface area contributed by atoms with Gasteiger partial charge in [-0.25, -0.2) is 19.7 Å². The molecule has 2 aromatic carbocycles. The molecule has 5 rings (SSSR count). The Balaban J connectivity index is 1.26. The lowest BCUT2D eigenvalue weighted by Gasteiger charge is -2.20. The van der Waals surface area contributed by atoms with Crippen molar-refractivity contribution in [2.24, 2.45) is 7.05 Å². The zero-order valence-corrected chi connectivity index (χ0v) is 24.6. The fourth-order valence-electron chi connectivity index (χ4n) is 4.57. The van der Waals surface area contributed by atoms with Crippen LogP contribution in [-0.2, 0) is 18.9 Å². The molecular weight excluding hydrogens is 528 g/mol. The zero-order chi connectivity index (χ0) is 29.7. The minimum absolute atomic E-state index is 0.120. The fourth-order valence-corrected chi connectivity index (χ4v) is 4.57. The van der Waals surface area contributed by atoms with Crippen molar-refractivity contribution in [1.82, 2.24) is 24.7 Å². The van der Waals surface area contributed by atoms with E-state index in [1.54, 1.807) is 17.1 Å². The molecule has 0 saturated heterocycles. The number of aryl methyl sites for hydroxylation is 1. The second-order valence-electron chi connectivity index (χ2n) is 10.9. The molecule has 10 nitrogen and oxygen atoms in total. The van der Waals surface area contributed by atoms with Crippen LogP contribution in [0.5, 0.6) is 5.75 Å². The van der Waals surface area contributed by atoms with Crippen LogP contribution in [0.4, 0.5) is 28.1 Å². The number of hydrogen-bond acceptors (Lipinski definition) is 7. The molecular formula is C32H36N8O2. The molecule has 216 valence electrons. The molecule has 5 aromatic rings. The highest BCUT2D eigenvalue weighted by molar-refractivity contribution is 6.07. The minimum Gasteiger partial charge on any atom is -0.493 e. The van der Waals surface area contributed by atoms with E-state index in [1.807, 2.05) is 85.6 Å². The maximum absolute atomic E-state index is 12.9. The van der Waals surface area contributed by atoms with Crippen LogP contribution in [-0.4, -0.2) is 43.9 Å². The predicted molar refractivity (Wildman–Crippen MR) is 167 cm³/mol. The Bertz CT molecular complexity index is 1680. The monoisotopic (exact) mass is 564 g/mol. The Kier molecular flexibility index (Phi) is 8.33. The molecule has 3 heterocycles. The molecule has 0 aliphatic carbocycles. The molecule has 0 bridgehead atoms.